The standard InChI is InChI=1S/C18H23N3O/c1-12-10-15(8-9-16(12)21-18(2,3)4)20-17(22)13-6-5-7-14(19)11-13/h5-11,21H,19H2,1-4H3,(H,20,22). The summed E-state index contributed by atoms with van der Waals surface area (Å²) < 4.78 is 0. The van der Waals surface area contributed by atoms with Crippen LogP contribution in [-0.2, 0) is 0 Å². The topological polar surface area (TPSA) is 67.2 Å². The third-order valence-electron chi connectivity index (χ3n) is 3.14. The second-order valence-electron chi connectivity index (χ2n) is 6.48. The summed E-state index contributed by atoms with van der Waals surface area (Å²) in [4.78, 5) is 12.2. The Bertz CT molecular complexity index is 687. The number of benzene rings is 2. The van der Waals surface area contributed by atoms with E-state index in [1.165, 1.54) is 0 Å². The number of hydrogen-bond acceptors (Lipinski definition) is 3. The van der Waals surface area contributed by atoms with Crippen LogP contribution < -0.4 is 16.4 Å². The number of aryl methyl sites for hydroxylation is 1. The first-order valence-corrected chi connectivity index (χ1v) is 7.30. The van der Waals surface area contributed by atoms with E-state index in [-0.39, 0.29) is 11.4 Å². The van der Waals surface area contributed by atoms with Crippen LogP contribution in [0.15, 0.2) is 42.5 Å². The molecule has 0 aromatic heterocycles. The van der Waals surface area contributed by atoms with Crippen molar-refractivity contribution in [1.82, 2.24) is 0 Å². The minimum Gasteiger partial charge on any atom is -0.399 e. The molecule has 0 fully saturated rings. The van der Waals surface area contributed by atoms with Crippen molar-refractivity contribution >= 4 is 23.0 Å². The van der Waals surface area contributed by atoms with Gasteiger partial charge in [-0.2, -0.15) is 0 Å². The molecule has 2 aromatic rings. The van der Waals surface area contributed by atoms with E-state index >= 15 is 0 Å². The molecule has 0 atom stereocenters. The summed E-state index contributed by atoms with van der Waals surface area (Å²) >= 11 is 0. The van der Waals surface area contributed by atoms with Crippen molar-refractivity contribution in [2.24, 2.45) is 0 Å². The van der Waals surface area contributed by atoms with E-state index in [1.807, 2.05) is 25.1 Å². The van der Waals surface area contributed by atoms with Crippen LogP contribution in [0.25, 0.3) is 0 Å². The van der Waals surface area contributed by atoms with E-state index < -0.39 is 0 Å². The Balaban J connectivity index is 2.14. The maximum Gasteiger partial charge on any atom is 0.255 e. The zero-order valence-corrected chi connectivity index (χ0v) is 13.5. The van der Waals surface area contributed by atoms with Gasteiger partial charge < -0.3 is 16.4 Å². The first-order valence-electron chi connectivity index (χ1n) is 7.30. The number of carbonyl (C=O) groups excluding carboxylic acids is 1. The van der Waals surface area contributed by atoms with E-state index in [4.69, 9.17) is 5.73 Å². The Labute approximate surface area is 131 Å². The summed E-state index contributed by atoms with van der Waals surface area (Å²) in [7, 11) is 0. The third-order valence-corrected chi connectivity index (χ3v) is 3.14. The summed E-state index contributed by atoms with van der Waals surface area (Å²) in [6.45, 7) is 8.36. The predicted molar refractivity (Wildman–Crippen MR) is 93.4 cm³/mol. The average molecular weight is 297 g/mol. The number of nitrogens with one attached hydrogen (secondary N) is 2. The van der Waals surface area contributed by atoms with Gasteiger partial charge in [0.1, 0.15) is 0 Å². The first-order chi connectivity index (χ1) is 10.2. The minimum absolute atomic E-state index is 0.00289. The van der Waals surface area contributed by atoms with Gasteiger partial charge in [-0.25, -0.2) is 0 Å². The third kappa shape index (κ3) is 4.25. The Morgan fingerprint density at radius 3 is 2.41 bits per heavy atom. The lowest BCUT2D eigenvalue weighted by Gasteiger charge is -2.23. The smallest absolute Gasteiger partial charge is 0.255 e. The Morgan fingerprint density at radius 2 is 1.82 bits per heavy atom. The van der Waals surface area contributed by atoms with Gasteiger partial charge in [-0.1, -0.05) is 6.07 Å². The zero-order chi connectivity index (χ0) is 16.3. The van der Waals surface area contributed by atoms with Crippen molar-refractivity contribution in [3.05, 3.63) is 53.6 Å². The van der Waals surface area contributed by atoms with Gasteiger partial charge in [0.05, 0.1) is 0 Å². The lowest BCUT2D eigenvalue weighted by molar-refractivity contribution is 0.102. The lowest BCUT2D eigenvalue weighted by Crippen LogP contribution is -2.26. The van der Waals surface area contributed by atoms with Crippen LogP contribution in [0.2, 0.25) is 0 Å². The van der Waals surface area contributed by atoms with E-state index in [1.54, 1.807) is 24.3 Å². The second-order valence-corrected chi connectivity index (χ2v) is 6.48. The summed E-state index contributed by atoms with van der Waals surface area (Å²) in [5.41, 5.74) is 9.75. The molecule has 0 aliphatic rings. The van der Waals surface area contributed by atoms with E-state index in [9.17, 15) is 4.79 Å². The van der Waals surface area contributed by atoms with Gasteiger partial charge in [-0.05, 0) is 69.7 Å². The number of carbonyl (C=O) groups is 1. The maximum atomic E-state index is 12.2. The van der Waals surface area contributed by atoms with E-state index in [0.717, 1.165) is 16.9 Å². The summed E-state index contributed by atoms with van der Waals surface area (Å²) in [6.07, 6.45) is 0. The number of nitrogen functional groups attached to an aromatic ring is 1. The van der Waals surface area contributed by atoms with Crippen LogP contribution in [0.4, 0.5) is 17.1 Å². The Morgan fingerprint density at radius 1 is 1.09 bits per heavy atom. The summed E-state index contributed by atoms with van der Waals surface area (Å²) in [6, 6.07) is 12.8. The molecule has 0 saturated heterocycles. The van der Waals surface area contributed by atoms with Crippen molar-refractivity contribution in [3.8, 4) is 0 Å². The molecule has 4 nitrogen and oxygen atoms in total. The van der Waals surface area contributed by atoms with Crippen LogP contribution in [0.5, 0.6) is 0 Å². The highest BCUT2D eigenvalue weighted by Gasteiger charge is 2.12. The van der Waals surface area contributed by atoms with E-state index in [0.29, 0.717) is 11.3 Å². The molecule has 22 heavy (non-hydrogen) atoms. The van der Waals surface area contributed by atoms with E-state index in [2.05, 4.69) is 31.4 Å². The second kappa shape index (κ2) is 6.10. The van der Waals surface area contributed by atoms with Crippen LogP contribution in [0.3, 0.4) is 0 Å². The van der Waals surface area contributed by atoms with Crippen molar-refractivity contribution in [2.75, 3.05) is 16.4 Å². The fourth-order valence-corrected chi connectivity index (χ4v) is 2.17. The normalized spacial score (nSPS) is 11.1. The fourth-order valence-electron chi connectivity index (χ4n) is 2.17. The highest BCUT2D eigenvalue weighted by molar-refractivity contribution is 6.04. The van der Waals surface area contributed by atoms with Gasteiger partial charge in [-0.15, -0.1) is 0 Å². The van der Waals surface area contributed by atoms with Gasteiger partial charge in [0.2, 0.25) is 0 Å². The molecule has 4 heteroatoms. The van der Waals surface area contributed by atoms with Crippen molar-refractivity contribution in [1.29, 1.82) is 0 Å². The molecular formula is C18H23N3O. The molecule has 0 heterocycles. The lowest BCUT2D eigenvalue weighted by atomic mass is 10.1. The molecule has 116 valence electrons. The molecule has 0 saturated carbocycles. The van der Waals surface area contributed by atoms with Crippen molar-refractivity contribution in [3.63, 3.8) is 0 Å². The molecular weight excluding hydrogens is 274 g/mol. The fraction of sp³-hybridized carbons (Fsp3) is 0.278. The quantitative estimate of drug-likeness (QED) is 0.749. The number of amides is 1. The predicted octanol–water partition coefficient (Wildman–Crippen LogP) is 4.04. The van der Waals surface area contributed by atoms with Gasteiger partial charge in [0, 0.05) is 28.2 Å². The van der Waals surface area contributed by atoms with Gasteiger partial charge in [0.15, 0.2) is 0 Å². The molecule has 1 amide bonds. The number of anilines is 3. The van der Waals surface area contributed by atoms with Gasteiger partial charge in [-0.3, -0.25) is 4.79 Å². The van der Waals surface area contributed by atoms with Crippen molar-refractivity contribution in [2.45, 2.75) is 33.2 Å². The highest BCUT2D eigenvalue weighted by Crippen LogP contribution is 2.23. The first kappa shape index (κ1) is 15.9. The number of nitrogens with two attached hydrogens (primary N) is 1. The minimum atomic E-state index is -0.164. The molecule has 2 aromatic carbocycles. The largest absolute Gasteiger partial charge is 0.399 e. The Kier molecular flexibility index (Phi) is 4.40. The molecule has 2 rings (SSSR count). The van der Waals surface area contributed by atoms with Crippen LogP contribution in [0.1, 0.15) is 36.7 Å². The van der Waals surface area contributed by atoms with Gasteiger partial charge >= 0.3 is 0 Å². The number of hydrogen-bond donors (Lipinski definition) is 3. The van der Waals surface area contributed by atoms with Crippen molar-refractivity contribution < 1.29 is 4.79 Å². The molecule has 4 N–H and O–H groups in total. The Hall–Kier alpha value is -2.49. The van der Waals surface area contributed by atoms with Crippen LogP contribution >= 0.6 is 0 Å². The molecule has 0 unspecified atom stereocenters. The highest BCUT2D eigenvalue weighted by atomic mass is 16.1. The molecule has 0 aliphatic heterocycles. The maximum absolute atomic E-state index is 12.2. The molecule has 0 spiro atoms. The monoisotopic (exact) mass is 297 g/mol. The number of rotatable bonds is 3. The average Bonchev–Trinajstić information content (AvgIpc) is 2.40. The van der Waals surface area contributed by atoms with Crippen LogP contribution in [-0.4, -0.2) is 11.4 Å². The zero-order valence-electron chi connectivity index (χ0n) is 13.5. The SMILES string of the molecule is Cc1cc(NC(=O)c2cccc(N)c2)ccc1NC(C)(C)C. The molecule has 0 radical (unpaired) electrons. The molecule has 0 bridgehead atoms. The molecule has 0 aliphatic carbocycles. The van der Waals surface area contributed by atoms with Crippen LogP contribution in [0, 0.1) is 6.92 Å². The summed E-state index contributed by atoms with van der Waals surface area (Å²) in [5.74, 6) is -0.164. The van der Waals surface area contributed by atoms with Gasteiger partial charge in [0.25, 0.3) is 5.91 Å². The summed E-state index contributed by atoms with van der Waals surface area (Å²) in [5, 5.41) is 6.33.